The second-order valence-electron chi connectivity index (χ2n) is 14.9. The van der Waals surface area contributed by atoms with Crippen molar-refractivity contribution in [2.24, 2.45) is 5.92 Å². The molecular weight excluding hydrogens is 855 g/mol. The fraction of sp³-hybridized carbons (Fsp3) is 0.628. The van der Waals surface area contributed by atoms with Gasteiger partial charge in [-0.25, -0.2) is 4.79 Å². The molecule has 22 heteroatoms. The van der Waals surface area contributed by atoms with E-state index < -0.39 is 35.9 Å². The van der Waals surface area contributed by atoms with Gasteiger partial charge < -0.3 is 64.2 Å². The van der Waals surface area contributed by atoms with Gasteiger partial charge in [0.1, 0.15) is 18.7 Å². The molecule has 22 nitrogen and oxygen atoms in total. The Morgan fingerprint density at radius 2 is 1.25 bits per heavy atom. The molecule has 65 heavy (non-hydrogen) atoms. The molecule has 0 spiro atoms. The maximum absolute atomic E-state index is 13.4. The summed E-state index contributed by atoms with van der Waals surface area (Å²) < 4.78 is 38.0. The minimum atomic E-state index is -0.991. The number of rotatable bonds is 38. The zero-order valence-corrected chi connectivity index (χ0v) is 38.0. The molecule has 0 fully saturated rings. The highest BCUT2D eigenvalue weighted by Crippen LogP contribution is 2.13. The Bertz CT molecular complexity index is 1610. The van der Waals surface area contributed by atoms with Gasteiger partial charge in [0.05, 0.1) is 85.8 Å². The zero-order chi connectivity index (χ0) is 47.7. The van der Waals surface area contributed by atoms with E-state index in [1.807, 2.05) is 0 Å². The summed E-state index contributed by atoms with van der Waals surface area (Å²) in [6, 6.07) is 4.69. The van der Waals surface area contributed by atoms with Crippen molar-refractivity contribution in [2.45, 2.75) is 51.8 Å². The first-order valence-corrected chi connectivity index (χ1v) is 21.6. The van der Waals surface area contributed by atoms with Crippen molar-refractivity contribution in [1.29, 1.82) is 0 Å². The normalized spacial score (nSPS) is 13.0. The van der Waals surface area contributed by atoms with Crippen molar-refractivity contribution in [3.8, 4) is 0 Å². The second-order valence-corrected chi connectivity index (χ2v) is 14.9. The first-order chi connectivity index (χ1) is 31.4. The average molecular weight is 922 g/mol. The second kappa shape index (κ2) is 33.9. The Balaban J connectivity index is 1.60. The van der Waals surface area contributed by atoms with Gasteiger partial charge in [-0.1, -0.05) is 26.0 Å². The van der Waals surface area contributed by atoms with Crippen LogP contribution in [0, 0.1) is 5.92 Å². The van der Waals surface area contributed by atoms with Crippen molar-refractivity contribution >= 4 is 54.1 Å². The molecule has 2 rings (SSSR count). The lowest BCUT2D eigenvalue weighted by atomic mass is 10.0. The summed E-state index contributed by atoms with van der Waals surface area (Å²) in [6.45, 7) is 8.46. The number of carbonyl (C=O) groups is 8. The first-order valence-electron chi connectivity index (χ1n) is 21.6. The SMILES string of the molecule is CC(C)C(NC(=O)CCOCCOCCOCCOCCOCCOCCN1C(=O)C=CC1=O)C(=O)NC(CCCNC=O)C(=O)Nc1ccc(COC(=O)N(C)CCN(C)C=O)cc1. The number of benzene rings is 1. The molecule has 2 atom stereocenters. The summed E-state index contributed by atoms with van der Waals surface area (Å²) >= 11 is 0. The molecule has 1 aromatic rings. The Hall–Kier alpha value is -5.52. The highest BCUT2D eigenvalue weighted by atomic mass is 16.6. The van der Waals surface area contributed by atoms with Crippen LogP contribution in [0.25, 0.3) is 0 Å². The van der Waals surface area contributed by atoms with E-state index in [1.165, 1.54) is 22.0 Å². The number of hydrogen-bond donors (Lipinski definition) is 4. The number of amides is 8. The van der Waals surface area contributed by atoms with Crippen molar-refractivity contribution in [1.82, 2.24) is 30.7 Å². The van der Waals surface area contributed by atoms with Gasteiger partial charge in [-0.2, -0.15) is 0 Å². The van der Waals surface area contributed by atoms with E-state index >= 15 is 0 Å². The third-order valence-corrected chi connectivity index (χ3v) is 9.35. The van der Waals surface area contributed by atoms with Crippen LogP contribution < -0.4 is 21.3 Å². The van der Waals surface area contributed by atoms with E-state index in [0.717, 1.165) is 4.90 Å². The third-order valence-electron chi connectivity index (χ3n) is 9.35. The van der Waals surface area contributed by atoms with Gasteiger partial charge in [0.15, 0.2) is 0 Å². The van der Waals surface area contributed by atoms with Crippen LogP contribution >= 0.6 is 0 Å². The number of hydrogen-bond acceptors (Lipinski definition) is 15. The van der Waals surface area contributed by atoms with Crippen LogP contribution in [-0.4, -0.2) is 195 Å². The van der Waals surface area contributed by atoms with E-state index in [4.69, 9.17) is 33.2 Å². The highest BCUT2D eigenvalue weighted by molar-refractivity contribution is 6.12. The standard InChI is InChI=1S/C43H67N7O15/c1-33(2)40(47-37(53)13-18-59-20-22-61-24-26-63-28-29-64-27-25-62-23-21-60-19-17-50-38(54)11-12-39(50)55)42(57)46-36(6-5-14-44-31-51)41(56)45-35-9-7-34(8-10-35)30-65-43(58)49(4)16-15-48(3)32-52/h7-12,31-33,36,40H,5-6,13-30H2,1-4H3,(H,44,51)(H,45,56)(H,46,57)(H,47,53). The Labute approximate surface area is 380 Å². The van der Waals surface area contributed by atoms with Crippen LogP contribution in [0.3, 0.4) is 0 Å². The van der Waals surface area contributed by atoms with Gasteiger partial charge >= 0.3 is 6.09 Å². The first kappa shape index (κ1) is 55.6. The van der Waals surface area contributed by atoms with Crippen LogP contribution in [0.2, 0.25) is 0 Å². The monoisotopic (exact) mass is 921 g/mol. The van der Waals surface area contributed by atoms with E-state index in [2.05, 4.69) is 21.3 Å². The lowest BCUT2D eigenvalue weighted by Crippen LogP contribution is -2.54. The number of nitrogens with zero attached hydrogens (tertiary/aromatic N) is 3. The summed E-state index contributed by atoms with van der Waals surface area (Å²) in [6.07, 6.45) is 3.70. The van der Waals surface area contributed by atoms with Gasteiger partial charge in [-0.05, 0) is 36.5 Å². The molecule has 364 valence electrons. The minimum Gasteiger partial charge on any atom is -0.445 e. The number of likely N-dealkylation sites (N-methyl/N-ethyl adjacent to an activating group) is 2. The molecule has 0 saturated heterocycles. The Kier molecular flexibility index (Phi) is 29.0. The van der Waals surface area contributed by atoms with Gasteiger partial charge in [0.25, 0.3) is 11.8 Å². The molecular formula is C43H67N7O15. The van der Waals surface area contributed by atoms with Gasteiger partial charge in [0.2, 0.25) is 30.5 Å². The van der Waals surface area contributed by atoms with Crippen molar-refractivity contribution in [2.75, 3.05) is 125 Å². The highest BCUT2D eigenvalue weighted by Gasteiger charge is 2.29. The van der Waals surface area contributed by atoms with E-state index in [1.54, 1.807) is 52.2 Å². The molecule has 0 aliphatic carbocycles. The predicted molar refractivity (Wildman–Crippen MR) is 234 cm³/mol. The smallest absolute Gasteiger partial charge is 0.409 e. The topological polar surface area (TPSA) is 259 Å². The molecule has 1 aromatic carbocycles. The number of imide groups is 1. The number of anilines is 1. The van der Waals surface area contributed by atoms with Gasteiger partial charge in [-0.15, -0.1) is 0 Å². The molecule has 1 heterocycles. The maximum atomic E-state index is 13.4. The summed E-state index contributed by atoms with van der Waals surface area (Å²) in [7, 11) is 3.17. The molecule has 1 aliphatic heterocycles. The molecule has 1 aliphatic rings. The van der Waals surface area contributed by atoms with Crippen LogP contribution in [0.4, 0.5) is 10.5 Å². The van der Waals surface area contributed by atoms with Crippen LogP contribution in [-0.2, 0) is 73.3 Å². The van der Waals surface area contributed by atoms with Crippen molar-refractivity contribution in [3.63, 3.8) is 0 Å². The fourth-order valence-corrected chi connectivity index (χ4v) is 5.57. The third kappa shape index (κ3) is 24.9. The summed E-state index contributed by atoms with van der Waals surface area (Å²) in [5.41, 5.74) is 1.10. The van der Waals surface area contributed by atoms with Gasteiger partial charge in [0, 0.05) is 58.0 Å². The number of nitrogens with one attached hydrogen (secondary N) is 4. The van der Waals surface area contributed by atoms with E-state index in [9.17, 15) is 38.4 Å². The summed E-state index contributed by atoms with van der Waals surface area (Å²) in [4.78, 5) is 100. The lowest BCUT2D eigenvalue weighted by Gasteiger charge is -2.25. The largest absolute Gasteiger partial charge is 0.445 e. The van der Waals surface area contributed by atoms with Crippen molar-refractivity contribution in [3.05, 3.63) is 42.0 Å². The zero-order valence-electron chi connectivity index (χ0n) is 38.0. The Morgan fingerprint density at radius 1 is 0.708 bits per heavy atom. The predicted octanol–water partition coefficient (Wildman–Crippen LogP) is -0.152. The molecule has 4 N–H and O–H groups in total. The molecule has 2 unspecified atom stereocenters. The van der Waals surface area contributed by atoms with Gasteiger partial charge in [-0.3, -0.25) is 38.5 Å². The molecule has 8 amide bonds. The number of ether oxygens (including phenoxy) is 7. The lowest BCUT2D eigenvalue weighted by molar-refractivity contribution is -0.137. The van der Waals surface area contributed by atoms with Crippen LogP contribution in [0.15, 0.2) is 36.4 Å². The van der Waals surface area contributed by atoms with Crippen LogP contribution in [0.1, 0.15) is 38.7 Å². The fourth-order valence-electron chi connectivity index (χ4n) is 5.57. The molecule has 0 aromatic heterocycles. The summed E-state index contributed by atoms with van der Waals surface area (Å²) in [5, 5.41) is 10.8. The van der Waals surface area contributed by atoms with Crippen molar-refractivity contribution < 1.29 is 71.5 Å². The molecule has 0 radical (unpaired) electrons. The molecule has 0 saturated carbocycles. The quantitative estimate of drug-likeness (QED) is 0.0382. The average Bonchev–Trinajstić information content (AvgIpc) is 3.61. The van der Waals surface area contributed by atoms with E-state index in [-0.39, 0.29) is 76.7 Å². The molecule has 0 bridgehead atoms. The maximum Gasteiger partial charge on any atom is 0.409 e. The Morgan fingerprint density at radius 3 is 1.77 bits per heavy atom. The van der Waals surface area contributed by atoms with E-state index in [0.29, 0.717) is 96.4 Å². The summed E-state index contributed by atoms with van der Waals surface area (Å²) in [5.74, 6) is -2.44. The van der Waals surface area contributed by atoms with Crippen LogP contribution in [0.5, 0.6) is 0 Å². The number of carbonyl (C=O) groups excluding carboxylic acids is 8. The minimum absolute atomic E-state index is 0.00605.